The van der Waals surface area contributed by atoms with Crippen LogP contribution >= 0.6 is 35.3 Å². The number of furan rings is 1. The quantitative estimate of drug-likeness (QED) is 0.199. The summed E-state index contributed by atoms with van der Waals surface area (Å²) >= 11 is 1.84. The maximum absolute atomic E-state index is 12.0. The number of amides is 1. The van der Waals surface area contributed by atoms with Crippen LogP contribution in [0.1, 0.15) is 46.3 Å². The summed E-state index contributed by atoms with van der Waals surface area (Å²) in [5.41, 5.74) is 0.851. The molecule has 0 radical (unpaired) electrons. The van der Waals surface area contributed by atoms with E-state index in [1.165, 1.54) is 24.0 Å². The lowest BCUT2D eigenvalue weighted by Crippen LogP contribution is -2.45. The molecule has 7 nitrogen and oxygen atoms in total. The minimum atomic E-state index is -0.166. The number of carbonyl (C=O) groups excluding carboxylic acids is 1. The van der Waals surface area contributed by atoms with Gasteiger partial charge in [-0.1, -0.05) is 6.07 Å². The molecule has 3 N–H and O–H groups in total. The molecule has 9 heteroatoms. The summed E-state index contributed by atoms with van der Waals surface area (Å²) in [5.74, 6) is 1.58. The number of aliphatic imine (C=N–C) groups is 1. The molecule has 0 saturated carbocycles. The third-order valence-electron chi connectivity index (χ3n) is 5.60. The molecule has 2 aromatic heterocycles. The van der Waals surface area contributed by atoms with Crippen LogP contribution < -0.4 is 16.0 Å². The van der Waals surface area contributed by atoms with Gasteiger partial charge in [0.05, 0.1) is 6.26 Å². The van der Waals surface area contributed by atoms with Crippen LogP contribution in [0.15, 0.2) is 39.3 Å². The number of piperidine rings is 1. The molecule has 0 aromatic carbocycles. The second-order valence-electron chi connectivity index (χ2n) is 7.77. The second kappa shape index (κ2) is 13.1. The molecule has 172 valence electrons. The SMILES string of the molecule is CN=C(NCCCNC(=O)c1occc1C)NCC1CCCN(C)C1c1cccs1.I. The first-order valence-electron chi connectivity index (χ1n) is 10.6. The molecule has 1 amide bonds. The van der Waals surface area contributed by atoms with Crippen molar-refractivity contribution in [3.63, 3.8) is 0 Å². The van der Waals surface area contributed by atoms with Crippen molar-refractivity contribution < 1.29 is 9.21 Å². The fraction of sp³-hybridized carbons (Fsp3) is 0.545. The van der Waals surface area contributed by atoms with Gasteiger partial charge in [0, 0.05) is 43.2 Å². The summed E-state index contributed by atoms with van der Waals surface area (Å²) in [6, 6.07) is 6.64. The van der Waals surface area contributed by atoms with Crippen molar-refractivity contribution in [1.82, 2.24) is 20.9 Å². The smallest absolute Gasteiger partial charge is 0.287 e. The molecule has 0 bridgehead atoms. The maximum atomic E-state index is 12.0. The maximum Gasteiger partial charge on any atom is 0.287 e. The summed E-state index contributed by atoms with van der Waals surface area (Å²) in [5, 5.41) is 11.9. The van der Waals surface area contributed by atoms with E-state index in [-0.39, 0.29) is 29.9 Å². The van der Waals surface area contributed by atoms with Gasteiger partial charge in [0.25, 0.3) is 5.91 Å². The Balaban J connectivity index is 0.00000341. The van der Waals surface area contributed by atoms with Crippen molar-refractivity contribution in [2.45, 2.75) is 32.2 Å². The van der Waals surface area contributed by atoms with Crippen LogP contribution in [0.3, 0.4) is 0 Å². The normalized spacial score (nSPS) is 19.5. The third-order valence-corrected chi connectivity index (χ3v) is 6.54. The van der Waals surface area contributed by atoms with Gasteiger partial charge in [0.1, 0.15) is 0 Å². The predicted molar refractivity (Wildman–Crippen MR) is 138 cm³/mol. The Labute approximate surface area is 206 Å². The second-order valence-corrected chi connectivity index (χ2v) is 8.74. The van der Waals surface area contributed by atoms with Crippen LogP contribution in [0, 0.1) is 12.8 Å². The fourth-order valence-corrected chi connectivity index (χ4v) is 5.00. The van der Waals surface area contributed by atoms with Crippen molar-refractivity contribution in [2.24, 2.45) is 10.9 Å². The highest BCUT2D eigenvalue weighted by molar-refractivity contribution is 14.0. The van der Waals surface area contributed by atoms with E-state index in [0.717, 1.165) is 37.6 Å². The molecule has 0 spiro atoms. The molecule has 1 fully saturated rings. The predicted octanol–water partition coefficient (Wildman–Crippen LogP) is 3.64. The number of hydrogen-bond acceptors (Lipinski definition) is 5. The zero-order valence-electron chi connectivity index (χ0n) is 18.5. The monoisotopic (exact) mass is 559 g/mol. The van der Waals surface area contributed by atoms with E-state index in [1.807, 2.05) is 18.3 Å². The van der Waals surface area contributed by atoms with Crippen molar-refractivity contribution >= 4 is 47.2 Å². The highest BCUT2D eigenvalue weighted by atomic mass is 127. The zero-order chi connectivity index (χ0) is 21.3. The van der Waals surface area contributed by atoms with Crippen LogP contribution in [0.5, 0.6) is 0 Å². The minimum absolute atomic E-state index is 0. The van der Waals surface area contributed by atoms with Crippen LogP contribution in [-0.4, -0.2) is 57.0 Å². The number of aryl methyl sites for hydroxylation is 1. The Bertz CT molecular complexity index is 824. The van der Waals surface area contributed by atoms with Crippen molar-refractivity contribution in [1.29, 1.82) is 0 Å². The van der Waals surface area contributed by atoms with Gasteiger partial charge in [0.15, 0.2) is 11.7 Å². The molecule has 2 unspecified atom stereocenters. The van der Waals surface area contributed by atoms with E-state index in [1.54, 1.807) is 13.1 Å². The van der Waals surface area contributed by atoms with Crippen LogP contribution in [0.25, 0.3) is 0 Å². The molecule has 0 aliphatic carbocycles. The number of nitrogens with one attached hydrogen (secondary N) is 3. The van der Waals surface area contributed by atoms with Gasteiger partial charge < -0.3 is 20.4 Å². The first kappa shape index (κ1) is 25.7. The lowest BCUT2D eigenvalue weighted by molar-refractivity contribution is 0.0925. The van der Waals surface area contributed by atoms with Gasteiger partial charge in [-0.2, -0.15) is 0 Å². The van der Waals surface area contributed by atoms with Crippen molar-refractivity contribution in [3.8, 4) is 0 Å². The number of nitrogens with zero attached hydrogens (tertiary/aromatic N) is 2. The first-order chi connectivity index (χ1) is 14.6. The average molecular weight is 560 g/mol. The minimum Gasteiger partial charge on any atom is -0.459 e. The topological polar surface area (TPSA) is 81.9 Å². The van der Waals surface area contributed by atoms with Gasteiger partial charge >= 0.3 is 0 Å². The number of likely N-dealkylation sites (tertiary alicyclic amines) is 1. The number of hydrogen-bond donors (Lipinski definition) is 3. The summed E-state index contributed by atoms with van der Waals surface area (Å²) < 4.78 is 5.21. The lowest BCUT2D eigenvalue weighted by Gasteiger charge is -2.39. The van der Waals surface area contributed by atoms with Crippen LogP contribution in [-0.2, 0) is 0 Å². The van der Waals surface area contributed by atoms with Crippen LogP contribution in [0.2, 0.25) is 0 Å². The highest BCUT2D eigenvalue weighted by Gasteiger charge is 2.31. The largest absolute Gasteiger partial charge is 0.459 e. The Morgan fingerprint density at radius 3 is 2.77 bits per heavy atom. The molecular formula is C22H34IN5O2S. The van der Waals surface area contributed by atoms with Gasteiger partial charge in [-0.25, -0.2) is 0 Å². The van der Waals surface area contributed by atoms with E-state index in [0.29, 0.717) is 24.3 Å². The Kier molecular flexibility index (Phi) is 10.8. The fourth-order valence-electron chi connectivity index (χ4n) is 4.01. The molecule has 2 aromatic rings. The lowest BCUT2D eigenvalue weighted by atomic mass is 9.88. The number of rotatable bonds is 8. The molecule has 1 saturated heterocycles. The summed E-state index contributed by atoms with van der Waals surface area (Å²) in [6.07, 6.45) is 4.78. The molecule has 1 aliphatic rings. The number of guanidine groups is 1. The van der Waals surface area contributed by atoms with Crippen molar-refractivity contribution in [3.05, 3.63) is 46.0 Å². The average Bonchev–Trinajstić information content (AvgIpc) is 3.41. The summed E-state index contributed by atoms with van der Waals surface area (Å²) in [4.78, 5) is 20.3. The molecule has 3 heterocycles. The number of halogens is 1. The van der Waals surface area contributed by atoms with E-state index in [2.05, 4.69) is 50.4 Å². The third kappa shape index (κ3) is 7.21. The van der Waals surface area contributed by atoms with Gasteiger partial charge in [-0.3, -0.25) is 14.7 Å². The van der Waals surface area contributed by atoms with E-state index in [9.17, 15) is 4.79 Å². The first-order valence-corrected chi connectivity index (χ1v) is 11.5. The molecular weight excluding hydrogens is 525 g/mol. The Morgan fingerprint density at radius 2 is 2.10 bits per heavy atom. The van der Waals surface area contributed by atoms with Gasteiger partial charge in [-0.15, -0.1) is 35.3 Å². The van der Waals surface area contributed by atoms with E-state index in [4.69, 9.17) is 4.42 Å². The number of thiophene rings is 1. The van der Waals surface area contributed by atoms with Gasteiger partial charge in [-0.05, 0) is 63.2 Å². The Hall–Kier alpha value is -1.59. The summed E-state index contributed by atoms with van der Waals surface area (Å²) in [7, 11) is 4.02. The highest BCUT2D eigenvalue weighted by Crippen LogP contribution is 2.36. The van der Waals surface area contributed by atoms with Gasteiger partial charge in [0.2, 0.25) is 0 Å². The summed E-state index contributed by atoms with van der Waals surface area (Å²) in [6.45, 7) is 5.21. The van der Waals surface area contributed by atoms with Crippen LogP contribution in [0.4, 0.5) is 0 Å². The standard InChI is InChI=1S/C22H33N5O2S.HI/c1-16-9-13-29-20(16)21(28)24-10-6-11-25-22(23-2)26-15-17-7-4-12-27(3)19(17)18-8-5-14-30-18;/h5,8-9,13-14,17,19H,4,6-7,10-12,15H2,1-3H3,(H,24,28)(H2,23,25,26);1H. The molecule has 3 rings (SSSR count). The van der Waals surface area contributed by atoms with E-state index >= 15 is 0 Å². The van der Waals surface area contributed by atoms with Crippen molar-refractivity contribution in [2.75, 3.05) is 40.3 Å². The Morgan fingerprint density at radius 1 is 1.29 bits per heavy atom. The molecule has 1 aliphatic heterocycles. The molecule has 31 heavy (non-hydrogen) atoms. The molecule has 2 atom stereocenters. The van der Waals surface area contributed by atoms with E-state index < -0.39 is 0 Å². The number of carbonyl (C=O) groups is 1. The zero-order valence-corrected chi connectivity index (χ0v) is 21.7.